The standard InChI is InChI=1S/C10H7NO2S/c11-7-8(10(12)13)3-1-4-9-5-2-6-14-9/h1-6H,(H,12,13)/b4-1+,8-3+. The van der Waals surface area contributed by atoms with E-state index < -0.39 is 5.97 Å². The van der Waals surface area contributed by atoms with E-state index in [9.17, 15) is 4.79 Å². The van der Waals surface area contributed by atoms with Gasteiger partial charge < -0.3 is 5.11 Å². The van der Waals surface area contributed by atoms with Gasteiger partial charge in [0.2, 0.25) is 0 Å². The van der Waals surface area contributed by atoms with E-state index in [1.807, 2.05) is 17.5 Å². The Labute approximate surface area is 85.2 Å². The first kappa shape index (κ1) is 10.2. The normalized spacial score (nSPS) is 11.5. The number of carboxylic acid groups (broad SMARTS) is 1. The lowest BCUT2D eigenvalue weighted by Crippen LogP contribution is -1.96. The van der Waals surface area contributed by atoms with Gasteiger partial charge in [-0.2, -0.15) is 5.26 Å². The molecule has 1 aromatic heterocycles. The van der Waals surface area contributed by atoms with E-state index in [0.717, 1.165) is 4.88 Å². The van der Waals surface area contributed by atoms with Crippen LogP contribution in [0.2, 0.25) is 0 Å². The molecule has 0 aliphatic heterocycles. The minimum Gasteiger partial charge on any atom is -0.477 e. The van der Waals surface area contributed by atoms with Crippen molar-refractivity contribution in [3.8, 4) is 6.07 Å². The summed E-state index contributed by atoms with van der Waals surface area (Å²) in [4.78, 5) is 11.4. The maximum atomic E-state index is 10.4. The average molecular weight is 205 g/mol. The Balaban J connectivity index is 2.71. The number of nitriles is 1. The molecule has 0 amide bonds. The maximum Gasteiger partial charge on any atom is 0.346 e. The van der Waals surface area contributed by atoms with E-state index in [1.165, 1.54) is 6.08 Å². The molecule has 0 bridgehead atoms. The summed E-state index contributed by atoms with van der Waals surface area (Å²) >= 11 is 1.54. The highest BCUT2D eigenvalue weighted by Crippen LogP contribution is 2.10. The van der Waals surface area contributed by atoms with Gasteiger partial charge in [0.15, 0.2) is 0 Å². The molecule has 0 atom stereocenters. The molecule has 0 saturated carbocycles. The SMILES string of the molecule is N#C/C(=C\C=C\c1cccs1)C(=O)O. The minimum absolute atomic E-state index is 0.266. The number of hydrogen-bond donors (Lipinski definition) is 1. The fourth-order valence-electron chi connectivity index (χ4n) is 0.782. The van der Waals surface area contributed by atoms with Crippen LogP contribution < -0.4 is 0 Å². The van der Waals surface area contributed by atoms with Crippen molar-refractivity contribution in [2.75, 3.05) is 0 Å². The Hall–Kier alpha value is -1.86. The zero-order valence-corrected chi connectivity index (χ0v) is 7.99. The van der Waals surface area contributed by atoms with Gasteiger partial charge in [-0.1, -0.05) is 12.1 Å². The van der Waals surface area contributed by atoms with Gasteiger partial charge in [-0.15, -0.1) is 11.3 Å². The lowest BCUT2D eigenvalue weighted by Gasteiger charge is -1.84. The predicted molar refractivity (Wildman–Crippen MR) is 54.7 cm³/mol. The van der Waals surface area contributed by atoms with Crippen LogP contribution in [0.1, 0.15) is 4.88 Å². The number of nitrogens with zero attached hydrogens (tertiary/aromatic N) is 1. The van der Waals surface area contributed by atoms with Gasteiger partial charge in [-0.25, -0.2) is 4.79 Å². The third-order valence-electron chi connectivity index (χ3n) is 1.42. The highest BCUT2D eigenvalue weighted by molar-refractivity contribution is 7.10. The van der Waals surface area contributed by atoms with Crippen LogP contribution >= 0.6 is 11.3 Å². The predicted octanol–water partition coefficient (Wildman–Crippen LogP) is 2.30. The molecule has 0 aliphatic rings. The lowest BCUT2D eigenvalue weighted by atomic mass is 10.2. The fourth-order valence-corrected chi connectivity index (χ4v) is 1.41. The van der Waals surface area contributed by atoms with Crippen molar-refractivity contribution in [1.29, 1.82) is 5.26 Å². The molecule has 1 heterocycles. The van der Waals surface area contributed by atoms with Crippen molar-refractivity contribution in [3.05, 3.63) is 40.1 Å². The Morgan fingerprint density at radius 3 is 2.93 bits per heavy atom. The van der Waals surface area contributed by atoms with E-state index in [2.05, 4.69) is 0 Å². The summed E-state index contributed by atoms with van der Waals surface area (Å²) in [5.74, 6) is -1.21. The molecule has 0 saturated heterocycles. The lowest BCUT2D eigenvalue weighted by molar-refractivity contribution is -0.132. The molecule has 70 valence electrons. The first-order valence-corrected chi connectivity index (χ1v) is 4.67. The number of carboxylic acids is 1. The smallest absolute Gasteiger partial charge is 0.346 e. The van der Waals surface area contributed by atoms with Gasteiger partial charge in [0.25, 0.3) is 0 Å². The molecule has 1 N–H and O–H groups in total. The van der Waals surface area contributed by atoms with Crippen LogP contribution in [0.15, 0.2) is 35.2 Å². The van der Waals surface area contributed by atoms with Crippen molar-refractivity contribution in [2.24, 2.45) is 0 Å². The first-order valence-electron chi connectivity index (χ1n) is 3.79. The molecule has 1 aromatic rings. The molecule has 0 aliphatic carbocycles. The molecule has 1 rings (SSSR count). The Bertz CT molecular complexity index is 410. The van der Waals surface area contributed by atoms with Gasteiger partial charge in [-0.3, -0.25) is 0 Å². The van der Waals surface area contributed by atoms with E-state index >= 15 is 0 Å². The van der Waals surface area contributed by atoms with Crippen LogP contribution in [0.3, 0.4) is 0 Å². The molecule has 3 nitrogen and oxygen atoms in total. The third kappa shape index (κ3) is 2.88. The molecule has 14 heavy (non-hydrogen) atoms. The quantitative estimate of drug-likeness (QED) is 0.468. The summed E-state index contributed by atoms with van der Waals surface area (Å²) in [6.45, 7) is 0. The number of rotatable bonds is 3. The van der Waals surface area contributed by atoms with Crippen LogP contribution in [-0.4, -0.2) is 11.1 Å². The number of hydrogen-bond acceptors (Lipinski definition) is 3. The van der Waals surface area contributed by atoms with Crippen molar-refractivity contribution in [3.63, 3.8) is 0 Å². The van der Waals surface area contributed by atoms with Crippen LogP contribution in [0, 0.1) is 11.3 Å². The van der Waals surface area contributed by atoms with Crippen molar-refractivity contribution in [2.45, 2.75) is 0 Å². The maximum absolute atomic E-state index is 10.4. The van der Waals surface area contributed by atoms with E-state index in [1.54, 1.807) is 29.6 Å². The van der Waals surface area contributed by atoms with Crippen molar-refractivity contribution >= 4 is 23.4 Å². The van der Waals surface area contributed by atoms with Crippen LogP contribution in [0.4, 0.5) is 0 Å². The molecule has 4 heteroatoms. The largest absolute Gasteiger partial charge is 0.477 e. The summed E-state index contributed by atoms with van der Waals surface area (Å²) < 4.78 is 0. The highest BCUT2D eigenvalue weighted by atomic mass is 32.1. The Kier molecular flexibility index (Phi) is 3.65. The van der Waals surface area contributed by atoms with Gasteiger partial charge in [0.1, 0.15) is 11.6 Å². The summed E-state index contributed by atoms with van der Waals surface area (Å²) in [5, 5.41) is 18.9. The van der Waals surface area contributed by atoms with Crippen LogP contribution in [-0.2, 0) is 4.79 Å². The highest BCUT2D eigenvalue weighted by Gasteiger charge is 2.02. The fraction of sp³-hybridized carbons (Fsp3) is 0. The molecule has 0 aromatic carbocycles. The second-order valence-electron chi connectivity index (χ2n) is 2.37. The van der Waals surface area contributed by atoms with E-state index in [4.69, 9.17) is 10.4 Å². The van der Waals surface area contributed by atoms with E-state index in [-0.39, 0.29) is 5.57 Å². The molecule has 0 radical (unpaired) electrons. The summed E-state index contributed by atoms with van der Waals surface area (Å²) in [6.07, 6.45) is 4.59. The minimum atomic E-state index is -1.21. The van der Waals surface area contributed by atoms with Gasteiger partial charge >= 0.3 is 5.97 Å². The number of carbonyl (C=O) groups is 1. The van der Waals surface area contributed by atoms with Crippen LogP contribution in [0.5, 0.6) is 0 Å². The van der Waals surface area contributed by atoms with Gasteiger partial charge in [0, 0.05) is 4.88 Å². The first-order chi connectivity index (χ1) is 6.74. The number of thiophene rings is 1. The zero-order valence-electron chi connectivity index (χ0n) is 7.18. The Morgan fingerprint density at radius 1 is 1.64 bits per heavy atom. The third-order valence-corrected chi connectivity index (χ3v) is 2.25. The zero-order chi connectivity index (χ0) is 10.4. The average Bonchev–Trinajstić information content (AvgIpc) is 2.64. The topological polar surface area (TPSA) is 61.1 Å². The van der Waals surface area contributed by atoms with E-state index in [0.29, 0.717) is 0 Å². The van der Waals surface area contributed by atoms with Gasteiger partial charge in [0.05, 0.1) is 0 Å². The second-order valence-corrected chi connectivity index (χ2v) is 3.35. The summed E-state index contributed by atoms with van der Waals surface area (Å²) in [7, 11) is 0. The summed E-state index contributed by atoms with van der Waals surface area (Å²) in [6, 6.07) is 5.40. The molecular weight excluding hydrogens is 198 g/mol. The second kappa shape index (κ2) is 5.00. The monoisotopic (exact) mass is 205 g/mol. The Morgan fingerprint density at radius 2 is 2.43 bits per heavy atom. The number of aliphatic carboxylic acids is 1. The number of allylic oxidation sites excluding steroid dienone is 2. The van der Waals surface area contributed by atoms with Crippen molar-refractivity contribution in [1.82, 2.24) is 0 Å². The molecule has 0 fully saturated rings. The molecular formula is C10H7NO2S. The molecule has 0 spiro atoms. The van der Waals surface area contributed by atoms with Crippen molar-refractivity contribution < 1.29 is 9.90 Å². The van der Waals surface area contributed by atoms with Gasteiger partial charge in [-0.05, 0) is 23.6 Å². The van der Waals surface area contributed by atoms with Crippen LogP contribution in [0.25, 0.3) is 6.08 Å². The summed E-state index contributed by atoms with van der Waals surface area (Å²) in [5.41, 5.74) is -0.266. The molecule has 0 unspecified atom stereocenters.